The summed E-state index contributed by atoms with van der Waals surface area (Å²) in [5.74, 6) is 1.26. The predicted octanol–water partition coefficient (Wildman–Crippen LogP) is 8.79. The zero-order chi connectivity index (χ0) is 40.3. The lowest BCUT2D eigenvalue weighted by Gasteiger charge is -2.34. The number of carbonyl (C=O) groups is 2. The summed E-state index contributed by atoms with van der Waals surface area (Å²) in [4.78, 5) is 43.5. The highest BCUT2D eigenvalue weighted by atomic mass is 16.5. The van der Waals surface area contributed by atoms with Crippen LogP contribution in [0.1, 0.15) is 54.1 Å². The number of aliphatic imine (C=N–C) groups is 2. The molecule has 0 bridgehead atoms. The van der Waals surface area contributed by atoms with Crippen molar-refractivity contribution in [3.05, 3.63) is 146 Å². The number of hydrogen-bond acceptors (Lipinski definition) is 9. The van der Waals surface area contributed by atoms with E-state index in [0.717, 1.165) is 16.7 Å². The first-order valence-electron chi connectivity index (χ1n) is 18.9. The maximum absolute atomic E-state index is 13.8. The standard InChI is InChI=1S/C45H41N7O6/c1-27-9-5-6-10-30(27)16-34-22-47-38-20-42(40(55-3)18-36(38)44(53)51(34)2)57-25-28-13-29(15-33(14-28)49-50-46)26-58-43-21-39-37(19-41(43)56-4)45(54)52-24-32-12-8-7-11-31(32)17-35(52)23-48-39/h5-15,18-23,34-35H,16-17,24-26H2,1-4H3/t34-,35-/m0/s1. The predicted molar refractivity (Wildman–Crippen MR) is 221 cm³/mol. The van der Waals surface area contributed by atoms with Crippen LogP contribution in [0.4, 0.5) is 17.1 Å². The van der Waals surface area contributed by atoms with Gasteiger partial charge in [0.1, 0.15) is 13.2 Å². The summed E-state index contributed by atoms with van der Waals surface area (Å²) < 4.78 is 23.9. The van der Waals surface area contributed by atoms with Crippen molar-refractivity contribution in [1.29, 1.82) is 0 Å². The molecule has 0 aromatic heterocycles. The molecule has 5 aromatic rings. The lowest BCUT2D eigenvalue weighted by Crippen LogP contribution is -2.44. The van der Waals surface area contributed by atoms with Gasteiger partial charge in [-0.15, -0.1) is 0 Å². The van der Waals surface area contributed by atoms with Crippen molar-refractivity contribution >= 4 is 41.3 Å². The van der Waals surface area contributed by atoms with Crippen LogP contribution in [0.5, 0.6) is 23.0 Å². The molecule has 13 nitrogen and oxygen atoms in total. The average molecular weight is 776 g/mol. The lowest BCUT2D eigenvalue weighted by atomic mass is 9.94. The highest BCUT2D eigenvalue weighted by molar-refractivity contribution is 6.04. The Morgan fingerprint density at radius 1 is 0.759 bits per heavy atom. The van der Waals surface area contributed by atoms with Gasteiger partial charge >= 0.3 is 0 Å². The molecule has 0 saturated carbocycles. The van der Waals surface area contributed by atoms with Crippen molar-refractivity contribution in [2.75, 3.05) is 21.3 Å². The van der Waals surface area contributed by atoms with Crippen molar-refractivity contribution in [3.8, 4) is 23.0 Å². The van der Waals surface area contributed by atoms with Crippen molar-refractivity contribution in [1.82, 2.24) is 9.80 Å². The van der Waals surface area contributed by atoms with Gasteiger partial charge in [-0.3, -0.25) is 19.6 Å². The maximum atomic E-state index is 13.8. The number of azide groups is 1. The molecule has 8 rings (SSSR count). The summed E-state index contributed by atoms with van der Waals surface area (Å²) in [6.07, 6.45) is 4.95. The number of nitrogens with zero attached hydrogens (tertiary/aromatic N) is 7. The van der Waals surface area contributed by atoms with Gasteiger partial charge in [0.15, 0.2) is 23.0 Å². The molecule has 0 fully saturated rings. The van der Waals surface area contributed by atoms with Crippen LogP contribution in [0.25, 0.3) is 10.4 Å². The Kier molecular flexibility index (Phi) is 10.5. The molecule has 3 aliphatic heterocycles. The summed E-state index contributed by atoms with van der Waals surface area (Å²) >= 11 is 0. The van der Waals surface area contributed by atoms with E-state index in [0.29, 0.717) is 81.7 Å². The van der Waals surface area contributed by atoms with Crippen LogP contribution in [0.3, 0.4) is 0 Å². The molecular formula is C45H41N7O6. The van der Waals surface area contributed by atoms with E-state index >= 15 is 0 Å². The van der Waals surface area contributed by atoms with Crippen molar-refractivity contribution in [2.45, 2.75) is 51.6 Å². The third-order valence-corrected chi connectivity index (χ3v) is 10.8. The number of likely N-dealkylation sites (N-methyl/N-ethyl adjacent to an activating group) is 1. The van der Waals surface area contributed by atoms with Gasteiger partial charge in [0.25, 0.3) is 11.8 Å². The van der Waals surface area contributed by atoms with Gasteiger partial charge in [0, 0.05) is 48.8 Å². The van der Waals surface area contributed by atoms with Gasteiger partial charge in [0.05, 0.1) is 48.8 Å². The average Bonchev–Trinajstić information content (AvgIpc) is 3.44. The fraction of sp³-hybridized carbons (Fsp3) is 0.244. The van der Waals surface area contributed by atoms with Crippen LogP contribution < -0.4 is 18.9 Å². The van der Waals surface area contributed by atoms with Gasteiger partial charge in [-0.2, -0.15) is 0 Å². The van der Waals surface area contributed by atoms with E-state index in [1.54, 1.807) is 54.6 Å². The van der Waals surface area contributed by atoms with E-state index in [-0.39, 0.29) is 37.1 Å². The van der Waals surface area contributed by atoms with E-state index in [2.05, 4.69) is 41.2 Å². The first-order valence-corrected chi connectivity index (χ1v) is 18.9. The fourth-order valence-electron chi connectivity index (χ4n) is 7.63. The molecule has 2 amide bonds. The summed E-state index contributed by atoms with van der Waals surface area (Å²) in [7, 11) is 4.82. The minimum atomic E-state index is -0.248. The number of ether oxygens (including phenoxy) is 4. The van der Waals surface area contributed by atoms with Gasteiger partial charge in [-0.25, -0.2) is 0 Å². The molecule has 0 saturated heterocycles. The molecule has 3 heterocycles. The minimum absolute atomic E-state index is 0.0743. The highest BCUT2D eigenvalue weighted by Gasteiger charge is 2.33. The van der Waals surface area contributed by atoms with Gasteiger partial charge in [0.2, 0.25) is 0 Å². The van der Waals surface area contributed by atoms with Crippen LogP contribution in [-0.2, 0) is 32.6 Å². The topological polar surface area (TPSA) is 151 Å². The largest absolute Gasteiger partial charge is 0.493 e. The van der Waals surface area contributed by atoms with Crippen molar-refractivity contribution < 1.29 is 28.5 Å². The first kappa shape index (κ1) is 37.8. The number of aryl methyl sites for hydroxylation is 1. The summed E-state index contributed by atoms with van der Waals surface area (Å²) in [5, 5.41) is 3.86. The second-order valence-electron chi connectivity index (χ2n) is 14.5. The minimum Gasteiger partial charge on any atom is -0.493 e. The number of rotatable bonds is 11. The van der Waals surface area contributed by atoms with Crippen molar-refractivity contribution in [3.63, 3.8) is 0 Å². The van der Waals surface area contributed by atoms with Gasteiger partial charge in [-0.05, 0) is 89.0 Å². The quantitative estimate of drug-likeness (QED) is 0.0743. The Hall–Kier alpha value is -7.11. The zero-order valence-electron chi connectivity index (χ0n) is 32.6. The Labute approximate surface area is 335 Å². The number of fused-ring (bicyclic) bond motifs is 4. The van der Waals surface area contributed by atoms with Gasteiger partial charge in [-0.1, -0.05) is 53.6 Å². The second kappa shape index (κ2) is 16.2. The summed E-state index contributed by atoms with van der Waals surface area (Å²) in [6, 6.07) is 27.9. The third kappa shape index (κ3) is 7.55. The maximum Gasteiger partial charge on any atom is 0.257 e. The molecule has 2 atom stereocenters. The zero-order valence-corrected chi connectivity index (χ0v) is 32.6. The van der Waals surface area contributed by atoms with E-state index in [1.165, 1.54) is 19.8 Å². The van der Waals surface area contributed by atoms with Crippen LogP contribution in [-0.4, -0.2) is 67.4 Å². The summed E-state index contributed by atoms with van der Waals surface area (Å²) in [6.45, 7) is 2.71. The molecule has 58 heavy (non-hydrogen) atoms. The smallest absolute Gasteiger partial charge is 0.257 e. The number of carbonyl (C=O) groups excluding carboxylic acids is 2. The van der Waals surface area contributed by atoms with E-state index in [9.17, 15) is 15.1 Å². The monoisotopic (exact) mass is 775 g/mol. The molecular weight excluding hydrogens is 735 g/mol. The molecule has 0 aliphatic carbocycles. The van der Waals surface area contributed by atoms with E-state index in [4.69, 9.17) is 28.9 Å². The highest BCUT2D eigenvalue weighted by Crippen LogP contribution is 2.40. The lowest BCUT2D eigenvalue weighted by molar-refractivity contribution is 0.0702. The molecule has 0 radical (unpaired) electrons. The van der Waals surface area contributed by atoms with Crippen LogP contribution in [0, 0.1) is 6.92 Å². The normalized spacial score (nSPS) is 16.6. The Morgan fingerprint density at radius 3 is 2.00 bits per heavy atom. The van der Waals surface area contributed by atoms with Crippen LogP contribution in [0.15, 0.2) is 106 Å². The number of methoxy groups -OCH3 is 2. The molecule has 292 valence electrons. The number of amides is 2. The molecule has 13 heteroatoms. The SMILES string of the molecule is COc1cc2c(cc1OCc1cc(COc3cc4c(cc3OC)C(=O)N3Cc5ccccc5C[C@H]3C=N4)cc(N=[N+]=[N-])c1)N=C[C@H](Cc1ccccc1C)N(C)C2=O. The van der Waals surface area contributed by atoms with Gasteiger partial charge < -0.3 is 28.7 Å². The molecule has 5 aromatic carbocycles. The number of hydrogen-bond donors (Lipinski definition) is 0. The van der Waals surface area contributed by atoms with Crippen LogP contribution >= 0.6 is 0 Å². The first-order chi connectivity index (χ1) is 28.2. The second-order valence-corrected chi connectivity index (χ2v) is 14.5. The summed E-state index contributed by atoms with van der Waals surface area (Å²) in [5.41, 5.74) is 17.5. The molecule has 0 N–H and O–H groups in total. The molecule has 0 unspecified atom stereocenters. The van der Waals surface area contributed by atoms with Crippen LogP contribution in [0.2, 0.25) is 0 Å². The van der Waals surface area contributed by atoms with Crippen molar-refractivity contribution in [2.24, 2.45) is 15.1 Å². The third-order valence-electron chi connectivity index (χ3n) is 10.8. The number of benzene rings is 5. The molecule has 3 aliphatic rings. The van der Waals surface area contributed by atoms with E-state index < -0.39 is 0 Å². The Bertz CT molecular complexity index is 2550. The van der Waals surface area contributed by atoms with E-state index in [1.807, 2.05) is 41.4 Å². The molecule has 0 spiro atoms. The Balaban J connectivity index is 1.01. The Morgan fingerprint density at radius 2 is 1.36 bits per heavy atom. The fourth-order valence-corrected chi connectivity index (χ4v) is 7.63.